The zero-order valence-electron chi connectivity index (χ0n) is 23.9. The number of amides is 2. The second-order valence-electron chi connectivity index (χ2n) is 11.1. The zero-order valence-corrected chi connectivity index (χ0v) is 23.9. The van der Waals surface area contributed by atoms with Crippen LogP contribution in [-0.4, -0.2) is 103 Å². The number of piperidine rings is 2. The van der Waals surface area contributed by atoms with Crippen LogP contribution < -0.4 is 5.32 Å². The highest BCUT2D eigenvalue weighted by Crippen LogP contribution is 2.21. The van der Waals surface area contributed by atoms with Crippen LogP contribution in [0.25, 0.3) is 0 Å². The number of hydroxylamine groups is 2. The molecule has 0 bridgehead atoms. The second-order valence-corrected chi connectivity index (χ2v) is 11.1. The van der Waals surface area contributed by atoms with Crippen molar-refractivity contribution in [1.29, 1.82) is 0 Å². The smallest absolute Gasteiger partial charge is 0.351 e. The number of likely N-dealkylation sites (tertiary alicyclic amines) is 1. The minimum absolute atomic E-state index is 0.00691. The molecular weight excluding hydrogens is 478 g/mol. The Bertz CT molecular complexity index is 903. The van der Waals surface area contributed by atoms with Crippen LogP contribution in [0.15, 0.2) is 18.2 Å². The van der Waals surface area contributed by atoms with E-state index in [2.05, 4.69) is 54.1 Å². The first-order chi connectivity index (χ1) is 18.5. The number of piperazine rings is 1. The summed E-state index contributed by atoms with van der Waals surface area (Å²) in [5.74, 6) is 0.00691. The van der Waals surface area contributed by atoms with Crippen LogP contribution in [-0.2, 0) is 28.9 Å². The number of aryl methyl sites for hydroxylation is 2. The minimum atomic E-state index is -0.630. The lowest BCUT2D eigenvalue weighted by Crippen LogP contribution is -2.56. The molecule has 0 aromatic heterocycles. The van der Waals surface area contributed by atoms with E-state index in [0.29, 0.717) is 12.5 Å². The lowest BCUT2D eigenvalue weighted by molar-refractivity contribution is -0.136. The molecule has 38 heavy (non-hydrogen) atoms. The van der Waals surface area contributed by atoms with E-state index in [0.717, 1.165) is 103 Å². The number of benzene rings is 1. The molecule has 0 aliphatic carbocycles. The minimum Gasteiger partial charge on any atom is -0.351 e. The Kier molecular flexibility index (Phi) is 10.8. The van der Waals surface area contributed by atoms with Crippen LogP contribution in [0.4, 0.5) is 4.79 Å². The van der Waals surface area contributed by atoms with Gasteiger partial charge in [0.25, 0.3) is 0 Å². The summed E-state index contributed by atoms with van der Waals surface area (Å²) < 4.78 is 0. The number of carbonyl (C=O) groups is 2. The summed E-state index contributed by atoms with van der Waals surface area (Å²) >= 11 is 0. The highest BCUT2D eigenvalue weighted by atomic mass is 16.7. The molecule has 1 aromatic carbocycles. The molecule has 3 aliphatic rings. The summed E-state index contributed by atoms with van der Waals surface area (Å²) in [5.41, 5.74) is 3.74. The summed E-state index contributed by atoms with van der Waals surface area (Å²) in [5, 5.41) is 4.68. The van der Waals surface area contributed by atoms with Gasteiger partial charge < -0.3 is 20.0 Å². The Morgan fingerprint density at radius 1 is 0.895 bits per heavy atom. The number of hydrogen-bond acceptors (Lipinski definition) is 6. The van der Waals surface area contributed by atoms with Crippen molar-refractivity contribution in [2.45, 2.75) is 84.2 Å². The molecule has 3 fully saturated rings. The highest BCUT2D eigenvalue weighted by molar-refractivity contribution is 5.86. The number of hydrogen-bond donors (Lipinski definition) is 1. The third-order valence-corrected chi connectivity index (χ3v) is 8.74. The summed E-state index contributed by atoms with van der Waals surface area (Å²) in [6.45, 7) is 15.2. The average Bonchev–Trinajstić information content (AvgIpc) is 2.97. The first-order valence-electron chi connectivity index (χ1n) is 15.1. The van der Waals surface area contributed by atoms with Crippen molar-refractivity contribution in [2.75, 3.05) is 58.9 Å². The van der Waals surface area contributed by atoms with Crippen molar-refractivity contribution < 1.29 is 14.4 Å². The predicted molar refractivity (Wildman–Crippen MR) is 151 cm³/mol. The summed E-state index contributed by atoms with van der Waals surface area (Å²) in [6.07, 6.45) is 7.12. The fraction of sp³-hybridized carbons (Fsp3) is 0.733. The third-order valence-electron chi connectivity index (χ3n) is 8.74. The van der Waals surface area contributed by atoms with E-state index in [4.69, 9.17) is 4.84 Å². The number of likely N-dealkylation sites (N-methyl/N-ethyl adjacent to an activating group) is 1. The molecule has 3 saturated heterocycles. The molecule has 0 saturated carbocycles. The lowest BCUT2D eigenvalue weighted by atomic mass is 9.96. The molecule has 8 nitrogen and oxygen atoms in total. The Hall–Kier alpha value is -2.16. The highest BCUT2D eigenvalue weighted by Gasteiger charge is 2.33. The molecule has 1 N–H and O–H groups in total. The van der Waals surface area contributed by atoms with Crippen LogP contribution in [0, 0.1) is 0 Å². The van der Waals surface area contributed by atoms with Gasteiger partial charge in [-0.05, 0) is 61.8 Å². The van der Waals surface area contributed by atoms with Crippen molar-refractivity contribution in [1.82, 2.24) is 25.1 Å². The lowest BCUT2D eigenvalue weighted by Gasteiger charge is -2.43. The Morgan fingerprint density at radius 2 is 1.58 bits per heavy atom. The van der Waals surface area contributed by atoms with Crippen LogP contribution in [0.2, 0.25) is 0 Å². The molecular formula is C30H49N5O3. The van der Waals surface area contributed by atoms with Gasteiger partial charge in [-0.15, -0.1) is 5.06 Å². The first kappa shape index (κ1) is 28.8. The van der Waals surface area contributed by atoms with E-state index >= 15 is 0 Å². The monoisotopic (exact) mass is 527 g/mol. The molecule has 0 radical (unpaired) electrons. The van der Waals surface area contributed by atoms with Crippen molar-refractivity contribution in [2.24, 2.45) is 0 Å². The van der Waals surface area contributed by atoms with Crippen LogP contribution >= 0.6 is 0 Å². The summed E-state index contributed by atoms with van der Waals surface area (Å²) in [4.78, 5) is 39.3. The number of nitrogens with zero attached hydrogens (tertiary/aromatic N) is 4. The number of rotatable bonds is 9. The van der Waals surface area contributed by atoms with Gasteiger partial charge in [-0.1, -0.05) is 45.4 Å². The maximum absolute atomic E-state index is 13.8. The molecule has 4 rings (SSSR count). The van der Waals surface area contributed by atoms with E-state index in [1.54, 1.807) is 5.06 Å². The standard InChI is InChI=1S/C30H49N5O3/c1-4-25-11-10-24(22-26(25)5-2)23-28(31-30(37)38-35-14-8-7-9-15-35)29(36)34-16-12-27(13-17-34)33-20-18-32(6-3)19-21-33/h10-11,22,27-28H,4-9,12-21,23H2,1-3H3,(H,31,37)/t28-/m1/s1. The topological polar surface area (TPSA) is 68.4 Å². The van der Waals surface area contributed by atoms with Crippen molar-refractivity contribution >= 4 is 12.0 Å². The van der Waals surface area contributed by atoms with Crippen molar-refractivity contribution in [3.8, 4) is 0 Å². The second kappa shape index (κ2) is 14.3. The number of nitrogens with one attached hydrogen (secondary N) is 1. The maximum atomic E-state index is 13.8. The molecule has 212 valence electrons. The molecule has 0 unspecified atom stereocenters. The van der Waals surface area contributed by atoms with Gasteiger partial charge in [0.2, 0.25) is 5.91 Å². The zero-order chi connectivity index (χ0) is 26.9. The largest absolute Gasteiger partial charge is 0.426 e. The maximum Gasteiger partial charge on any atom is 0.426 e. The SMILES string of the molecule is CCc1ccc(C[C@@H](NC(=O)ON2CCCCC2)C(=O)N2CCC(N3CCN(CC)CC3)CC2)cc1CC. The van der Waals surface area contributed by atoms with Gasteiger partial charge in [0.15, 0.2) is 0 Å². The van der Waals surface area contributed by atoms with Gasteiger partial charge in [-0.2, -0.15) is 0 Å². The molecule has 1 aromatic rings. The fourth-order valence-electron chi connectivity index (χ4n) is 6.27. The van der Waals surface area contributed by atoms with Crippen LogP contribution in [0.3, 0.4) is 0 Å². The van der Waals surface area contributed by atoms with Gasteiger partial charge in [0, 0.05) is 64.8 Å². The van der Waals surface area contributed by atoms with Crippen LogP contribution in [0.5, 0.6) is 0 Å². The van der Waals surface area contributed by atoms with E-state index in [-0.39, 0.29) is 5.91 Å². The Balaban J connectivity index is 1.39. The van der Waals surface area contributed by atoms with Gasteiger partial charge >= 0.3 is 6.09 Å². The van der Waals surface area contributed by atoms with Gasteiger partial charge in [0.1, 0.15) is 6.04 Å². The van der Waals surface area contributed by atoms with E-state index < -0.39 is 12.1 Å². The quantitative estimate of drug-likeness (QED) is 0.531. The molecule has 8 heteroatoms. The van der Waals surface area contributed by atoms with E-state index in [1.165, 1.54) is 17.5 Å². The molecule has 3 heterocycles. The first-order valence-corrected chi connectivity index (χ1v) is 15.1. The number of carbonyl (C=O) groups excluding carboxylic acids is 2. The predicted octanol–water partition coefficient (Wildman–Crippen LogP) is 3.48. The average molecular weight is 528 g/mol. The van der Waals surface area contributed by atoms with Gasteiger partial charge in [0.05, 0.1) is 0 Å². The van der Waals surface area contributed by atoms with Crippen molar-refractivity contribution in [3.05, 3.63) is 34.9 Å². The van der Waals surface area contributed by atoms with E-state index in [1.807, 2.05) is 4.90 Å². The normalized spacial score (nSPS) is 21.3. The van der Waals surface area contributed by atoms with Crippen LogP contribution in [0.1, 0.15) is 69.6 Å². The Labute approximate surface area is 229 Å². The molecule has 1 atom stereocenters. The van der Waals surface area contributed by atoms with Gasteiger partial charge in [-0.25, -0.2) is 4.79 Å². The summed E-state index contributed by atoms with van der Waals surface area (Å²) in [6, 6.07) is 6.40. The van der Waals surface area contributed by atoms with Gasteiger partial charge in [-0.3, -0.25) is 9.69 Å². The molecule has 3 aliphatic heterocycles. The summed E-state index contributed by atoms with van der Waals surface area (Å²) in [7, 11) is 0. The van der Waals surface area contributed by atoms with E-state index in [9.17, 15) is 9.59 Å². The molecule has 0 spiro atoms. The fourth-order valence-corrected chi connectivity index (χ4v) is 6.27. The Morgan fingerprint density at radius 3 is 2.21 bits per heavy atom. The third kappa shape index (κ3) is 7.70. The van der Waals surface area contributed by atoms with Crippen molar-refractivity contribution in [3.63, 3.8) is 0 Å². The molecule has 2 amide bonds.